The lowest BCUT2D eigenvalue weighted by molar-refractivity contribution is 0.0855. The molecule has 4 heteroatoms. The monoisotopic (exact) mass is 279 g/mol. The average molecular weight is 279 g/mol. The fraction of sp³-hybridized carbons (Fsp3) is 0.533. The van der Waals surface area contributed by atoms with Crippen molar-refractivity contribution in [2.24, 2.45) is 0 Å². The Morgan fingerprint density at radius 2 is 2.32 bits per heavy atom. The van der Waals surface area contributed by atoms with E-state index in [1.54, 1.807) is 11.8 Å². The van der Waals surface area contributed by atoms with Crippen LogP contribution < -0.4 is 5.32 Å². The molecule has 3 nitrogen and oxygen atoms in total. The largest absolute Gasteiger partial charge is 0.376 e. The molecule has 0 saturated carbocycles. The lowest BCUT2D eigenvalue weighted by Crippen LogP contribution is -2.32. The quantitative estimate of drug-likeness (QED) is 0.813. The van der Waals surface area contributed by atoms with Gasteiger partial charge in [0.2, 0.25) is 0 Å². The van der Waals surface area contributed by atoms with Crippen LogP contribution in [0.2, 0.25) is 0 Å². The van der Waals surface area contributed by atoms with Crippen LogP contribution in [0.1, 0.15) is 36.5 Å². The summed E-state index contributed by atoms with van der Waals surface area (Å²) in [6.07, 6.45) is 3.45. The molecule has 1 unspecified atom stereocenters. The van der Waals surface area contributed by atoms with Crippen LogP contribution >= 0.6 is 11.8 Å². The molecule has 1 atom stereocenters. The molecule has 0 aliphatic carbocycles. The minimum atomic E-state index is 0.00898. The standard InChI is InChI=1S/C15H21NO2S/c1-2-10-19-14-8-4-3-7-13(14)15(17)16-11-12-6-5-9-18-12/h3-4,7-8,12H,2,5-6,9-11H2,1H3,(H,16,17). The van der Waals surface area contributed by atoms with Crippen molar-refractivity contribution in [2.45, 2.75) is 37.2 Å². The van der Waals surface area contributed by atoms with Gasteiger partial charge in [0.25, 0.3) is 5.91 Å². The predicted molar refractivity (Wildman–Crippen MR) is 78.8 cm³/mol. The average Bonchev–Trinajstić information content (AvgIpc) is 2.96. The first-order chi connectivity index (χ1) is 9.31. The van der Waals surface area contributed by atoms with Crippen molar-refractivity contribution < 1.29 is 9.53 Å². The number of ether oxygens (including phenoxy) is 1. The van der Waals surface area contributed by atoms with Crippen LogP contribution in [0, 0.1) is 0 Å². The van der Waals surface area contributed by atoms with E-state index in [1.165, 1.54) is 0 Å². The van der Waals surface area contributed by atoms with E-state index in [-0.39, 0.29) is 12.0 Å². The van der Waals surface area contributed by atoms with Gasteiger partial charge in [-0.2, -0.15) is 0 Å². The maximum absolute atomic E-state index is 12.2. The summed E-state index contributed by atoms with van der Waals surface area (Å²) in [5.41, 5.74) is 0.777. The highest BCUT2D eigenvalue weighted by molar-refractivity contribution is 7.99. The van der Waals surface area contributed by atoms with Gasteiger partial charge in [-0.1, -0.05) is 19.1 Å². The second-order valence-corrected chi connectivity index (χ2v) is 5.83. The smallest absolute Gasteiger partial charge is 0.252 e. The number of carbonyl (C=O) groups is 1. The van der Waals surface area contributed by atoms with Gasteiger partial charge in [-0.25, -0.2) is 0 Å². The van der Waals surface area contributed by atoms with Crippen LogP contribution in [0.15, 0.2) is 29.2 Å². The minimum Gasteiger partial charge on any atom is -0.376 e. The molecule has 1 fully saturated rings. The van der Waals surface area contributed by atoms with E-state index in [4.69, 9.17) is 4.74 Å². The van der Waals surface area contributed by atoms with Crippen molar-refractivity contribution >= 4 is 17.7 Å². The summed E-state index contributed by atoms with van der Waals surface area (Å²) in [5.74, 6) is 1.05. The second kappa shape index (κ2) is 7.56. The van der Waals surface area contributed by atoms with Crippen LogP contribution in [0.4, 0.5) is 0 Å². The van der Waals surface area contributed by atoms with E-state index < -0.39 is 0 Å². The molecule has 0 radical (unpaired) electrons. The van der Waals surface area contributed by atoms with Gasteiger partial charge >= 0.3 is 0 Å². The molecule has 1 aliphatic rings. The normalized spacial score (nSPS) is 18.5. The molecule has 1 aromatic rings. The third kappa shape index (κ3) is 4.25. The van der Waals surface area contributed by atoms with Crippen LogP contribution in [0.5, 0.6) is 0 Å². The summed E-state index contributed by atoms with van der Waals surface area (Å²) in [6, 6.07) is 7.80. The molecule has 1 N–H and O–H groups in total. The first-order valence-electron chi connectivity index (χ1n) is 6.93. The van der Waals surface area contributed by atoms with Crippen LogP contribution in [0.25, 0.3) is 0 Å². The molecule has 1 heterocycles. The van der Waals surface area contributed by atoms with E-state index in [1.807, 2.05) is 24.3 Å². The number of amides is 1. The van der Waals surface area contributed by atoms with Gasteiger partial charge in [-0.15, -0.1) is 11.8 Å². The maximum atomic E-state index is 12.2. The van der Waals surface area contributed by atoms with Crippen LogP contribution in [-0.2, 0) is 4.74 Å². The van der Waals surface area contributed by atoms with Crippen molar-refractivity contribution in [1.82, 2.24) is 5.32 Å². The summed E-state index contributed by atoms with van der Waals surface area (Å²) in [4.78, 5) is 13.3. The van der Waals surface area contributed by atoms with Gasteiger partial charge in [0, 0.05) is 18.0 Å². The molecule has 1 amide bonds. The lowest BCUT2D eigenvalue weighted by Gasteiger charge is -2.12. The zero-order chi connectivity index (χ0) is 13.5. The first-order valence-corrected chi connectivity index (χ1v) is 7.91. The lowest BCUT2D eigenvalue weighted by atomic mass is 10.2. The molecular formula is C15H21NO2S. The molecule has 0 aromatic heterocycles. The summed E-state index contributed by atoms with van der Waals surface area (Å²) in [7, 11) is 0. The summed E-state index contributed by atoms with van der Waals surface area (Å²) in [5, 5.41) is 2.98. The number of thioether (sulfide) groups is 1. The van der Waals surface area contributed by atoms with Gasteiger partial charge in [-0.05, 0) is 37.1 Å². The Morgan fingerprint density at radius 1 is 1.47 bits per heavy atom. The van der Waals surface area contributed by atoms with Crippen molar-refractivity contribution in [1.29, 1.82) is 0 Å². The van der Waals surface area contributed by atoms with E-state index >= 15 is 0 Å². The first kappa shape index (κ1) is 14.4. The Morgan fingerprint density at radius 3 is 3.05 bits per heavy atom. The number of rotatable bonds is 6. The van der Waals surface area contributed by atoms with Crippen molar-refractivity contribution in [3.8, 4) is 0 Å². The Kier molecular flexibility index (Phi) is 5.73. The third-order valence-corrected chi connectivity index (χ3v) is 4.39. The van der Waals surface area contributed by atoms with Gasteiger partial charge < -0.3 is 10.1 Å². The minimum absolute atomic E-state index is 0.00898. The van der Waals surface area contributed by atoms with Crippen molar-refractivity contribution in [2.75, 3.05) is 18.9 Å². The summed E-state index contributed by atoms with van der Waals surface area (Å²) >= 11 is 1.74. The number of nitrogens with one attached hydrogen (secondary N) is 1. The maximum Gasteiger partial charge on any atom is 0.252 e. The van der Waals surface area contributed by atoms with Crippen molar-refractivity contribution in [3.05, 3.63) is 29.8 Å². The zero-order valence-electron chi connectivity index (χ0n) is 11.4. The summed E-state index contributed by atoms with van der Waals surface area (Å²) < 4.78 is 5.51. The van der Waals surface area contributed by atoms with E-state index in [2.05, 4.69) is 12.2 Å². The highest BCUT2D eigenvalue weighted by atomic mass is 32.2. The Bertz CT molecular complexity index is 416. The Labute approximate surface area is 119 Å². The highest BCUT2D eigenvalue weighted by Crippen LogP contribution is 2.23. The van der Waals surface area contributed by atoms with Crippen molar-refractivity contribution in [3.63, 3.8) is 0 Å². The molecule has 0 bridgehead atoms. The van der Waals surface area contributed by atoms with E-state index in [0.717, 1.165) is 42.1 Å². The second-order valence-electron chi connectivity index (χ2n) is 4.69. The number of benzene rings is 1. The SMILES string of the molecule is CCCSc1ccccc1C(=O)NCC1CCCO1. The topological polar surface area (TPSA) is 38.3 Å². The van der Waals surface area contributed by atoms with Gasteiger partial charge in [-0.3, -0.25) is 4.79 Å². The van der Waals surface area contributed by atoms with E-state index in [0.29, 0.717) is 6.54 Å². The third-order valence-electron chi connectivity index (χ3n) is 3.11. The molecular weight excluding hydrogens is 258 g/mol. The molecule has 19 heavy (non-hydrogen) atoms. The summed E-state index contributed by atoms with van der Waals surface area (Å²) in [6.45, 7) is 3.59. The van der Waals surface area contributed by atoms with Gasteiger partial charge in [0.1, 0.15) is 0 Å². The number of carbonyl (C=O) groups excluding carboxylic acids is 1. The zero-order valence-corrected chi connectivity index (χ0v) is 12.2. The Hall–Kier alpha value is -1.00. The predicted octanol–water partition coefficient (Wildman–Crippen LogP) is 3.10. The molecule has 2 rings (SSSR count). The fourth-order valence-electron chi connectivity index (χ4n) is 2.10. The van der Waals surface area contributed by atoms with Crippen LogP contribution in [-0.4, -0.2) is 30.9 Å². The fourth-order valence-corrected chi connectivity index (χ4v) is 3.01. The number of hydrogen-bond acceptors (Lipinski definition) is 3. The Balaban J connectivity index is 1.93. The van der Waals surface area contributed by atoms with Crippen LogP contribution in [0.3, 0.4) is 0 Å². The molecule has 104 valence electrons. The van der Waals surface area contributed by atoms with E-state index in [9.17, 15) is 4.79 Å². The molecule has 1 saturated heterocycles. The molecule has 1 aliphatic heterocycles. The van der Waals surface area contributed by atoms with Gasteiger partial charge in [0.05, 0.1) is 11.7 Å². The van der Waals surface area contributed by atoms with Gasteiger partial charge in [0.15, 0.2) is 0 Å². The number of hydrogen-bond donors (Lipinski definition) is 1. The molecule has 0 spiro atoms. The highest BCUT2D eigenvalue weighted by Gasteiger charge is 2.17. The molecule has 1 aromatic carbocycles.